The Balaban J connectivity index is 1.52. The van der Waals surface area contributed by atoms with E-state index in [0.29, 0.717) is 0 Å². The summed E-state index contributed by atoms with van der Waals surface area (Å²) in [6.45, 7) is 12.4. The standard InChI is InChI=1S/C13H28N4/c1-15(10-12-16-6-2-3-7-16)11-13-17-8-4-14-5-9-17/h14H,2-13H2,1H3. The van der Waals surface area contributed by atoms with E-state index < -0.39 is 0 Å². The summed E-state index contributed by atoms with van der Waals surface area (Å²) in [5.41, 5.74) is 0. The molecule has 2 aliphatic rings. The number of hydrogen-bond donors (Lipinski definition) is 1. The molecule has 0 saturated carbocycles. The highest BCUT2D eigenvalue weighted by Crippen LogP contribution is 2.06. The van der Waals surface area contributed by atoms with E-state index in [1.54, 1.807) is 0 Å². The summed E-state index contributed by atoms with van der Waals surface area (Å²) in [6.07, 6.45) is 2.81. The van der Waals surface area contributed by atoms with Gasteiger partial charge in [-0.05, 0) is 33.0 Å². The van der Waals surface area contributed by atoms with Crippen LogP contribution in [0.5, 0.6) is 0 Å². The van der Waals surface area contributed by atoms with Gasteiger partial charge in [-0.3, -0.25) is 4.90 Å². The molecule has 0 aliphatic carbocycles. The summed E-state index contributed by atoms with van der Waals surface area (Å²) >= 11 is 0. The van der Waals surface area contributed by atoms with E-state index >= 15 is 0 Å². The van der Waals surface area contributed by atoms with E-state index in [1.807, 2.05) is 0 Å². The lowest BCUT2D eigenvalue weighted by Gasteiger charge is -2.29. The molecule has 4 nitrogen and oxygen atoms in total. The summed E-state index contributed by atoms with van der Waals surface area (Å²) < 4.78 is 0. The average Bonchev–Trinajstić information content (AvgIpc) is 2.88. The number of likely N-dealkylation sites (tertiary alicyclic amines) is 1. The fourth-order valence-corrected chi connectivity index (χ4v) is 2.68. The van der Waals surface area contributed by atoms with Crippen molar-refractivity contribution in [3.63, 3.8) is 0 Å². The molecule has 2 rings (SSSR count). The molecule has 0 bridgehead atoms. The van der Waals surface area contributed by atoms with Gasteiger partial charge in [0.2, 0.25) is 0 Å². The third kappa shape index (κ3) is 4.92. The summed E-state index contributed by atoms with van der Waals surface area (Å²) in [5, 5.41) is 3.40. The van der Waals surface area contributed by atoms with Crippen LogP contribution in [-0.2, 0) is 0 Å². The first-order valence-corrected chi connectivity index (χ1v) is 7.18. The van der Waals surface area contributed by atoms with Gasteiger partial charge in [-0.25, -0.2) is 0 Å². The van der Waals surface area contributed by atoms with Crippen molar-refractivity contribution >= 4 is 0 Å². The largest absolute Gasteiger partial charge is 0.314 e. The fraction of sp³-hybridized carbons (Fsp3) is 1.00. The monoisotopic (exact) mass is 240 g/mol. The van der Waals surface area contributed by atoms with Crippen LogP contribution < -0.4 is 5.32 Å². The molecule has 0 atom stereocenters. The van der Waals surface area contributed by atoms with Crippen LogP contribution >= 0.6 is 0 Å². The molecule has 17 heavy (non-hydrogen) atoms. The first-order chi connectivity index (χ1) is 8.34. The van der Waals surface area contributed by atoms with Crippen molar-refractivity contribution in [1.82, 2.24) is 20.0 Å². The molecule has 1 N–H and O–H groups in total. The van der Waals surface area contributed by atoms with Crippen LogP contribution in [0.3, 0.4) is 0 Å². The number of likely N-dealkylation sites (N-methyl/N-ethyl adjacent to an activating group) is 1. The van der Waals surface area contributed by atoms with Crippen molar-refractivity contribution in [2.75, 3.05) is 72.5 Å². The zero-order valence-electron chi connectivity index (χ0n) is 11.3. The molecule has 2 aliphatic heterocycles. The number of rotatable bonds is 6. The van der Waals surface area contributed by atoms with E-state index in [-0.39, 0.29) is 0 Å². The molecular weight excluding hydrogens is 212 g/mol. The van der Waals surface area contributed by atoms with Gasteiger partial charge in [-0.1, -0.05) is 0 Å². The van der Waals surface area contributed by atoms with Crippen LogP contribution in [0.4, 0.5) is 0 Å². The quantitative estimate of drug-likeness (QED) is 0.701. The minimum atomic E-state index is 1.16. The highest BCUT2D eigenvalue weighted by atomic mass is 15.2. The normalized spacial score (nSPS) is 23.6. The Labute approximate surface area is 106 Å². The number of piperazine rings is 1. The van der Waals surface area contributed by atoms with Gasteiger partial charge in [0, 0.05) is 52.4 Å². The predicted octanol–water partition coefficient (Wildman–Crippen LogP) is -0.0808. The average molecular weight is 240 g/mol. The summed E-state index contributed by atoms with van der Waals surface area (Å²) in [7, 11) is 2.26. The third-order valence-electron chi connectivity index (χ3n) is 4.00. The Bertz CT molecular complexity index is 198. The third-order valence-corrected chi connectivity index (χ3v) is 4.00. The van der Waals surface area contributed by atoms with E-state index in [0.717, 1.165) is 13.1 Å². The minimum Gasteiger partial charge on any atom is -0.314 e. The van der Waals surface area contributed by atoms with Gasteiger partial charge in [-0.2, -0.15) is 0 Å². The van der Waals surface area contributed by atoms with Crippen LogP contribution in [0, 0.1) is 0 Å². The van der Waals surface area contributed by atoms with E-state index in [9.17, 15) is 0 Å². The number of nitrogens with one attached hydrogen (secondary N) is 1. The molecular formula is C13H28N4. The van der Waals surface area contributed by atoms with Crippen LogP contribution in [0.1, 0.15) is 12.8 Å². The SMILES string of the molecule is CN(CCN1CCCC1)CCN1CCNCC1. The van der Waals surface area contributed by atoms with E-state index in [1.165, 1.54) is 65.2 Å². The Morgan fingerprint density at radius 2 is 1.41 bits per heavy atom. The van der Waals surface area contributed by atoms with Crippen LogP contribution in [-0.4, -0.2) is 87.2 Å². The van der Waals surface area contributed by atoms with Gasteiger partial charge >= 0.3 is 0 Å². The molecule has 4 heteroatoms. The maximum atomic E-state index is 3.40. The Hall–Kier alpha value is -0.160. The molecule has 2 fully saturated rings. The topological polar surface area (TPSA) is 21.8 Å². The fourth-order valence-electron chi connectivity index (χ4n) is 2.68. The molecule has 0 aromatic rings. The zero-order chi connectivity index (χ0) is 11.9. The maximum absolute atomic E-state index is 3.40. The van der Waals surface area contributed by atoms with Crippen molar-refractivity contribution in [2.24, 2.45) is 0 Å². The van der Waals surface area contributed by atoms with Crippen LogP contribution in [0.15, 0.2) is 0 Å². The molecule has 0 radical (unpaired) electrons. The molecule has 0 spiro atoms. The van der Waals surface area contributed by atoms with Crippen LogP contribution in [0.25, 0.3) is 0 Å². The summed E-state index contributed by atoms with van der Waals surface area (Å²) in [4.78, 5) is 7.66. The predicted molar refractivity (Wildman–Crippen MR) is 72.5 cm³/mol. The van der Waals surface area contributed by atoms with Crippen molar-refractivity contribution in [1.29, 1.82) is 0 Å². The van der Waals surface area contributed by atoms with E-state index in [4.69, 9.17) is 0 Å². The summed E-state index contributed by atoms with van der Waals surface area (Å²) in [6, 6.07) is 0. The molecule has 0 unspecified atom stereocenters. The van der Waals surface area contributed by atoms with Crippen LogP contribution in [0.2, 0.25) is 0 Å². The van der Waals surface area contributed by atoms with Crippen molar-refractivity contribution in [3.05, 3.63) is 0 Å². The lowest BCUT2D eigenvalue weighted by Crippen LogP contribution is -2.46. The Morgan fingerprint density at radius 3 is 2.00 bits per heavy atom. The second-order valence-electron chi connectivity index (χ2n) is 5.44. The summed E-state index contributed by atoms with van der Waals surface area (Å²) in [5.74, 6) is 0. The van der Waals surface area contributed by atoms with E-state index in [2.05, 4.69) is 27.1 Å². The molecule has 2 heterocycles. The molecule has 0 aromatic carbocycles. The lowest BCUT2D eigenvalue weighted by molar-refractivity contribution is 0.193. The second-order valence-corrected chi connectivity index (χ2v) is 5.44. The van der Waals surface area contributed by atoms with Gasteiger partial charge in [0.15, 0.2) is 0 Å². The van der Waals surface area contributed by atoms with Crippen molar-refractivity contribution in [3.8, 4) is 0 Å². The smallest absolute Gasteiger partial charge is 0.0110 e. The highest BCUT2D eigenvalue weighted by molar-refractivity contribution is 4.70. The van der Waals surface area contributed by atoms with Crippen molar-refractivity contribution < 1.29 is 0 Å². The minimum absolute atomic E-state index is 1.16. The lowest BCUT2D eigenvalue weighted by atomic mass is 10.3. The van der Waals surface area contributed by atoms with Crippen molar-refractivity contribution in [2.45, 2.75) is 12.8 Å². The van der Waals surface area contributed by atoms with Gasteiger partial charge in [-0.15, -0.1) is 0 Å². The van der Waals surface area contributed by atoms with Gasteiger partial charge in [0.1, 0.15) is 0 Å². The molecule has 100 valence electrons. The number of hydrogen-bond acceptors (Lipinski definition) is 4. The van der Waals surface area contributed by atoms with Gasteiger partial charge in [0.05, 0.1) is 0 Å². The zero-order valence-corrected chi connectivity index (χ0v) is 11.3. The first-order valence-electron chi connectivity index (χ1n) is 7.18. The second kappa shape index (κ2) is 7.31. The molecule has 0 amide bonds. The van der Waals surface area contributed by atoms with Gasteiger partial charge in [0.25, 0.3) is 0 Å². The first kappa shape index (κ1) is 13.3. The molecule has 2 saturated heterocycles. The number of nitrogens with zero attached hydrogens (tertiary/aromatic N) is 3. The Kier molecular flexibility index (Phi) is 5.71. The van der Waals surface area contributed by atoms with Gasteiger partial charge < -0.3 is 15.1 Å². The maximum Gasteiger partial charge on any atom is 0.0110 e. The highest BCUT2D eigenvalue weighted by Gasteiger charge is 2.13. The Morgan fingerprint density at radius 1 is 0.882 bits per heavy atom. The molecule has 0 aromatic heterocycles.